The summed E-state index contributed by atoms with van der Waals surface area (Å²) in [5.74, 6) is -0.259. The van der Waals surface area contributed by atoms with Gasteiger partial charge in [-0.15, -0.1) is 0 Å². The van der Waals surface area contributed by atoms with Gasteiger partial charge in [0.05, 0.1) is 16.1 Å². The Hall–Kier alpha value is -0.876. The predicted octanol–water partition coefficient (Wildman–Crippen LogP) is 2.18. The standard InChI is InChI=1S/C14H25NOSi2/c1-10-8-11(17(2,3)4)13(14(15)16)12(9-10)18(5,6)7/h8-9H,1-7H3,(H2,15,16). The normalized spacial score (nSPS) is 12.6. The van der Waals surface area contributed by atoms with Crippen molar-refractivity contribution < 1.29 is 4.79 Å². The predicted molar refractivity (Wildman–Crippen MR) is 85.7 cm³/mol. The lowest BCUT2D eigenvalue weighted by molar-refractivity contribution is 0.100. The molecular formula is C14H25NOSi2. The van der Waals surface area contributed by atoms with Crippen LogP contribution in [0, 0.1) is 6.92 Å². The van der Waals surface area contributed by atoms with Crippen LogP contribution in [-0.4, -0.2) is 22.1 Å². The Morgan fingerprint density at radius 2 is 1.28 bits per heavy atom. The number of hydrogen-bond donors (Lipinski definition) is 1. The van der Waals surface area contributed by atoms with Crippen molar-refractivity contribution in [1.82, 2.24) is 0 Å². The fourth-order valence-corrected chi connectivity index (χ4v) is 5.70. The number of carbonyl (C=O) groups excluding carboxylic acids is 1. The average Bonchev–Trinajstić information content (AvgIpc) is 2.12. The summed E-state index contributed by atoms with van der Waals surface area (Å²) in [6.07, 6.45) is 0. The first-order chi connectivity index (χ1) is 7.94. The van der Waals surface area contributed by atoms with E-state index in [4.69, 9.17) is 5.73 Å². The second-order valence-corrected chi connectivity index (χ2v) is 17.2. The fourth-order valence-electron chi connectivity index (χ4n) is 2.23. The molecule has 1 rings (SSSR count). The van der Waals surface area contributed by atoms with Crippen molar-refractivity contribution >= 4 is 32.4 Å². The largest absolute Gasteiger partial charge is 0.366 e. The number of benzene rings is 1. The Morgan fingerprint density at radius 3 is 1.50 bits per heavy atom. The number of primary amides is 1. The second kappa shape index (κ2) is 4.66. The highest BCUT2D eigenvalue weighted by Crippen LogP contribution is 2.13. The van der Waals surface area contributed by atoms with E-state index in [0.29, 0.717) is 0 Å². The van der Waals surface area contributed by atoms with Crippen LogP contribution >= 0.6 is 0 Å². The first-order valence-electron chi connectivity index (χ1n) is 6.40. The maximum Gasteiger partial charge on any atom is 0.248 e. The summed E-state index contributed by atoms with van der Waals surface area (Å²) in [4.78, 5) is 11.9. The van der Waals surface area contributed by atoms with Crippen molar-refractivity contribution in [3.8, 4) is 0 Å². The Labute approximate surface area is 113 Å². The number of aryl methyl sites for hydroxylation is 1. The average molecular weight is 280 g/mol. The molecule has 0 radical (unpaired) electrons. The Kier molecular flexibility index (Phi) is 3.93. The van der Waals surface area contributed by atoms with Crippen molar-refractivity contribution in [2.45, 2.75) is 46.2 Å². The summed E-state index contributed by atoms with van der Waals surface area (Å²) < 4.78 is 0. The molecule has 2 nitrogen and oxygen atoms in total. The lowest BCUT2D eigenvalue weighted by atomic mass is 10.1. The van der Waals surface area contributed by atoms with Gasteiger partial charge in [-0.2, -0.15) is 0 Å². The van der Waals surface area contributed by atoms with Gasteiger partial charge < -0.3 is 5.73 Å². The van der Waals surface area contributed by atoms with E-state index in [9.17, 15) is 4.79 Å². The topological polar surface area (TPSA) is 43.1 Å². The SMILES string of the molecule is Cc1cc([Si](C)(C)C)c(C(N)=O)c([Si](C)(C)C)c1. The molecule has 0 unspecified atom stereocenters. The van der Waals surface area contributed by atoms with Crippen LogP contribution in [0.4, 0.5) is 0 Å². The highest BCUT2D eigenvalue weighted by molar-refractivity contribution is 6.93. The zero-order valence-electron chi connectivity index (χ0n) is 12.6. The maximum atomic E-state index is 11.9. The van der Waals surface area contributed by atoms with Crippen molar-refractivity contribution in [3.63, 3.8) is 0 Å². The van der Waals surface area contributed by atoms with E-state index in [1.807, 2.05) is 0 Å². The lowest BCUT2D eigenvalue weighted by Crippen LogP contribution is -2.52. The van der Waals surface area contributed by atoms with E-state index >= 15 is 0 Å². The van der Waals surface area contributed by atoms with Gasteiger partial charge in [-0.3, -0.25) is 4.79 Å². The molecule has 0 aliphatic rings. The minimum Gasteiger partial charge on any atom is -0.366 e. The highest BCUT2D eigenvalue weighted by Gasteiger charge is 2.30. The molecular weight excluding hydrogens is 254 g/mol. The zero-order valence-corrected chi connectivity index (χ0v) is 14.6. The van der Waals surface area contributed by atoms with Crippen LogP contribution in [0.25, 0.3) is 0 Å². The summed E-state index contributed by atoms with van der Waals surface area (Å²) in [6, 6.07) is 4.33. The van der Waals surface area contributed by atoms with Crippen molar-refractivity contribution in [2.75, 3.05) is 0 Å². The van der Waals surface area contributed by atoms with Crippen LogP contribution in [0.1, 0.15) is 15.9 Å². The van der Waals surface area contributed by atoms with Crippen LogP contribution < -0.4 is 16.1 Å². The summed E-state index contributed by atoms with van der Waals surface area (Å²) in [7, 11) is -3.12. The van der Waals surface area contributed by atoms with Crippen molar-refractivity contribution in [3.05, 3.63) is 23.3 Å². The Bertz CT molecular complexity index is 447. The molecule has 0 saturated carbocycles. The molecule has 1 aromatic carbocycles. The van der Waals surface area contributed by atoms with E-state index in [2.05, 4.69) is 58.3 Å². The van der Waals surface area contributed by atoms with E-state index in [-0.39, 0.29) is 5.91 Å². The quantitative estimate of drug-likeness (QED) is 0.847. The van der Waals surface area contributed by atoms with Gasteiger partial charge in [-0.05, 0) is 17.3 Å². The monoisotopic (exact) mass is 279 g/mol. The smallest absolute Gasteiger partial charge is 0.248 e. The first kappa shape index (κ1) is 15.2. The molecule has 0 aromatic heterocycles. The highest BCUT2D eigenvalue weighted by atomic mass is 28.3. The van der Waals surface area contributed by atoms with Gasteiger partial charge in [-0.1, -0.05) is 57.0 Å². The molecule has 0 spiro atoms. The van der Waals surface area contributed by atoms with Crippen LogP contribution in [0.2, 0.25) is 39.3 Å². The number of nitrogens with two attached hydrogens (primary N) is 1. The van der Waals surface area contributed by atoms with E-state index in [1.54, 1.807) is 0 Å². The van der Waals surface area contributed by atoms with Gasteiger partial charge in [0.2, 0.25) is 5.91 Å². The minimum absolute atomic E-state index is 0.259. The molecule has 4 heteroatoms. The van der Waals surface area contributed by atoms with Gasteiger partial charge >= 0.3 is 0 Å². The van der Waals surface area contributed by atoms with E-state index in [0.717, 1.165) is 5.56 Å². The molecule has 0 aliphatic carbocycles. The van der Waals surface area contributed by atoms with Crippen LogP contribution in [0.5, 0.6) is 0 Å². The molecule has 2 N–H and O–H groups in total. The molecule has 100 valence electrons. The van der Waals surface area contributed by atoms with Crippen molar-refractivity contribution in [2.24, 2.45) is 5.73 Å². The third kappa shape index (κ3) is 3.11. The van der Waals surface area contributed by atoms with E-state index in [1.165, 1.54) is 15.9 Å². The van der Waals surface area contributed by atoms with Gasteiger partial charge in [0, 0.05) is 5.56 Å². The number of hydrogen-bond acceptors (Lipinski definition) is 1. The number of amides is 1. The molecule has 0 atom stereocenters. The summed E-state index contributed by atoms with van der Waals surface area (Å²) in [6.45, 7) is 15.7. The molecule has 18 heavy (non-hydrogen) atoms. The Morgan fingerprint density at radius 1 is 0.944 bits per heavy atom. The zero-order chi connectivity index (χ0) is 14.3. The van der Waals surface area contributed by atoms with Crippen LogP contribution in [0.15, 0.2) is 12.1 Å². The Balaban J connectivity index is 3.74. The molecule has 0 bridgehead atoms. The van der Waals surface area contributed by atoms with Crippen molar-refractivity contribution in [1.29, 1.82) is 0 Å². The third-order valence-electron chi connectivity index (χ3n) is 3.15. The lowest BCUT2D eigenvalue weighted by Gasteiger charge is -2.27. The first-order valence-corrected chi connectivity index (χ1v) is 13.4. The molecule has 0 saturated heterocycles. The minimum atomic E-state index is -1.56. The van der Waals surface area contributed by atoms with E-state index < -0.39 is 16.1 Å². The summed E-state index contributed by atoms with van der Waals surface area (Å²) >= 11 is 0. The molecule has 1 aromatic rings. The third-order valence-corrected chi connectivity index (χ3v) is 7.17. The van der Waals surface area contributed by atoms with Crippen LogP contribution in [0.3, 0.4) is 0 Å². The molecule has 0 aliphatic heterocycles. The fraction of sp³-hybridized carbons (Fsp3) is 0.500. The van der Waals surface area contributed by atoms with Crippen LogP contribution in [-0.2, 0) is 0 Å². The summed E-state index contributed by atoms with van der Waals surface area (Å²) in [5.41, 5.74) is 7.73. The number of carbonyl (C=O) groups is 1. The molecule has 0 heterocycles. The molecule has 1 amide bonds. The van der Waals surface area contributed by atoms with Gasteiger partial charge in [0.1, 0.15) is 0 Å². The van der Waals surface area contributed by atoms with Gasteiger partial charge in [0.25, 0.3) is 0 Å². The summed E-state index contributed by atoms with van der Waals surface area (Å²) in [5, 5.41) is 2.43. The maximum absolute atomic E-state index is 11.9. The van der Waals surface area contributed by atoms with Gasteiger partial charge in [-0.25, -0.2) is 0 Å². The number of rotatable bonds is 3. The second-order valence-electron chi connectivity index (χ2n) is 7.10. The molecule has 0 fully saturated rings. The van der Waals surface area contributed by atoms with Gasteiger partial charge in [0.15, 0.2) is 0 Å².